The van der Waals surface area contributed by atoms with Gasteiger partial charge >= 0.3 is 12.4 Å². The highest BCUT2D eigenvalue weighted by Crippen LogP contribution is 2.49. The highest BCUT2D eigenvalue weighted by Gasteiger charge is 2.41. The van der Waals surface area contributed by atoms with Crippen molar-refractivity contribution in [2.45, 2.75) is 38.5 Å². The fraction of sp³-hybridized carbons (Fsp3) is 0.207. The van der Waals surface area contributed by atoms with Crippen LogP contribution in [0.2, 0.25) is 0 Å². The molecule has 0 N–H and O–H groups in total. The molecule has 0 aliphatic heterocycles. The first kappa shape index (κ1) is 23.6. The van der Waals surface area contributed by atoms with E-state index >= 15 is 0 Å². The summed E-state index contributed by atoms with van der Waals surface area (Å²) in [4.78, 5) is 4.52. The monoisotopic (exact) mass is 511 g/mol. The molecule has 2 nitrogen and oxygen atoms in total. The fourth-order valence-corrected chi connectivity index (χ4v) is 5.19. The zero-order valence-corrected chi connectivity index (χ0v) is 19.9. The minimum absolute atomic E-state index is 0.0260. The second kappa shape index (κ2) is 7.37. The summed E-state index contributed by atoms with van der Waals surface area (Å²) in [7, 11) is 0. The maximum atomic E-state index is 14.0. The van der Waals surface area contributed by atoms with E-state index in [0.29, 0.717) is 10.9 Å². The molecule has 4 aromatic carbocycles. The Morgan fingerprint density at radius 3 is 2.03 bits per heavy atom. The Balaban J connectivity index is 1.77. The highest BCUT2D eigenvalue weighted by molar-refractivity contribution is 6.24. The lowest BCUT2D eigenvalue weighted by molar-refractivity contribution is -0.141. The Morgan fingerprint density at radius 1 is 0.649 bits per heavy atom. The summed E-state index contributed by atoms with van der Waals surface area (Å²) in [5.41, 5.74) is -1.80. The van der Waals surface area contributed by atoms with E-state index in [4.69, 9.17) is 4.42 Å². The van der Waals surface area contributed by atoms with Crippen molar-refractivity contribution in [1.82, 2.24) is 4.98 Å². The number of rotatable bonds is 1. The molecule has 2 aromatic heterocycles. The molecule has 0 saturated carbocycles. The Kier molecular flexibility index (Phi) is 4.70. The van der Waals surface area contributed by atoms with Gasteiger partial charge in [0.1, 0.15) is 11.3 Å². The molecule has 6 aromatic rings. The van der Waals surface area contributed by atoms with Crippen LogP contribution in [0.3, 0.4) is 0 Å². The van der Waals surface area contributed by atoms with Crippen molar-refractivity contribution in [3.63, 3.8) is 0 Å². The topological polar surface area (TPSA) is 26.0 Å². The molecule has 6 rings (SSSR count). The second-order valence-corrected chi connectivity index (χ2v) is 10.3. The van der Waals surface area contributed by atoms with Gasteiger partial charge in [-0.1, -0.05) is 57.2 Å². The van der Waals surface area contributed by atoms with Gasteiger partial charge in [-0.05, 0) is 45.3 Å². The van der Waals surface area contributed by atoms with E-state index in [9.17, 15) is 26.3 Å². The van der Waals surface area contributed by atoms with Crippen LogP contribution in [-0.4, -0.2) is 4.98 Å². The molecule has 0 unspecified atom stereocenters. The molecule has 0 amide bonds. The van der Waals surface area contributed by atoms with E-state index in [0.717, 1.165) is 16.3 Å². The maximum Gasteiger partial charge on any atom is 0.420 e. The first-order chi connectivity index (χ1) is 17.2. The molecule has 0 atom stereocenters. The van der Waals surface area contributed by atoms with Gasteiger partial charge in [-0.2, -0.15) is 26.3 Å². The normalized spacial score (nSPS) is 13.5. The Labute approximate surface area is 206 Å². The van der Waals surface area contributed by atoms with Crippen molar-refractivity contribution in [2.75, 3.05) is 0 Å². The average molecular weight is 511 g/mol. The minimum atomic E-state index is -5.05. The molecule has 0 saturated heterocycles. The lowest BCUT2D eigenvalue weighted by Gasteiger charge is -2.22. The number of fused-ring (bicyclic) bond motifs is 1. The molecule has 0 bridgehead atoms. The molecule has 8 heteroatoms. The van der Waals surface area contributed by atoms with E-state index in [1.54, 1.807) is 0 Å². The van der Waals surface area contributed by atoms with Gasteiger partial charge in [0.2, 0.25) is 0 Å². The van der Waals surface area contributed by atoms with Crippen molar-refractivity contribution in [1.29, 1.82) is 0 Å². The first-order valence-corrected chi connectivity index (χ1v) is 11.5. The van der Waals surface area contributed by atoms with Gasteiger partial charge in [-0.25, -0.2) is 0 Å². The van der Waals surface area contributed by atoms with Gasteiger partial charge in [0, 0.05) is 27.9 Å². The van der Waals surface area contributed by atoms with E-state index in [2.05, 4.69) is 25.8 Å². The van der Waals surface area contributed by atoms with Crippen molar-refractivity contribution < 1.29 is 30.8 Å². The summed E-state index contributed by atoms with van der Waals surface area (Å²) in [6.07, 6.45) is -8.57. The van der Waals surface area contributed by atoms with E-state index < -0.39 is 29.1 Å². The zero-order valence-electron chi connectivity index (χ0n) is 19.9. The molecule has 0 aliphatic carbocycles. The van der Waals surface area contributed by atoms with Crippen molar-refractivity contribution in [3.05, 3.63) is 77.5 Å². The average Bonchev–Trinajstić information content (AvgIpc) is 3.20. The number of benzene rings is 4. The van der Waals surface area contributed by atoms with E-state index in [1.807, 2.05) is 36.4 Å². The summed E-state index contributed by atoms with van der Waals surface area (Å²) in [6, 6.07) is 14.3. The smallest absolute Gasteiger partial charge is 0.420 e. The molecule has 0 spiro atoms. The largest absolute Gasteiger partial charge is 0.453 e. The van der Waals surface area contributed by atoms with Gasteiger partial charge in [0.15, 0.2) is 5.58 Å². The van der Waals surface area contributed by atoms with Crippen LogP contribution < -0.4 is 0 Å². The number of aromatic nitrogens is 1. The third-order valence-electron chi connectivity index (χ3n) is 6.82. The quantitative estimate of drug-likeness (QED) is 0.162. The van der Waals surface area contributed by atoms with Gasteiger partial charge in [-0.3, -0.25) is 4.98 Å². The third-order valence-corrected chi connectivity index (χ3v) is 6.82. The maximum absolute atomic E-state index is 14.0. The van der Waals surface area contributed by atoms with Crippen LogP contribution in [-0.2, 0) is 17.8 Å². The molecule has 37 heavy (non-hydrogen) atoms. The molecule has 2 heterocycles. The van der Waals surface area contributed by atoms with Crippen LogP contribution in [0.25, 0.3) is 54.7 Å². The SMILES string of the molecule is CC(C)(C)c1cc(-c2ncc3ccc4c(C(F)(F)F)cc(C(F)(F)F)c5oc2c3c45)cc2ccccc12. The van der Waals surface area contributed by atoms with Gasteiger partial charge < -0.3 is 4.42 Å². The molecule has 0 aliphatic rings. The van der Waals surface area contributed by atoms with Crippen molar-refractivity contribution >= 4 is 43.5 Å². The van der Waals surface area contributed by atoms with Crippen LogP contribution in [0.5, 0.6) is 0 Å². The van der Waals surface area contributed by atoms with Gasteiger partial charge in [0.05, 0.1) is 11.1 Å². The summed E-state index contributed by atoms with van der Waals surface area (Å²) in [5.74, 6) is 0. The standard InChI is InChI=1S/C29H19F6NO/c1-27(2,3)19-11-16(10-14-6-4-5-7-17(14)19)24-26-22-15(13-36-24)8-9-18-20(28(30,31)32)12-21(29(33,34)35)25(37-26)23(18)22/h4-13H,1-3H3. The number of halogens is 6. The van der Waals surface area contributed by atoms with E-state index in [-0.39, 0.29) is 38.9 Å². The predicted octanol–water partition coefficient (Wildman–Crippen LogP) is 9.73. The lowest BCUT2D eigenvalue weighted by Crippen LogP contribution is -2.12. The van der Waals surface area contributed by atoms with Crippen LogP contribution in [0, 0.1) is 0 Å². The van der Waals surface area contributed by atoms with Gasteiger partial charge in [-0.15, -0.1) is 0 Å². The summed E-state index contributed by atoms with van der Waals surface area (Å²) >= 11 is 0. The third kappa shape index (κ3) is 3.53. The minimum Gasteiger partial charge on any atom is -0.453 e. The fourth-order valence-electron chi connectivity index (χ4n) is 5.19. The number of pyridine rings is 1. The van der Waals surface area contributed by atoms with Crippen LogP contribution >= 0.6 is 0 Å². The van der Waals surface area contributed by atoms with Crippen LogP contribution in [0.4, 0.5) is 26.3 Å². The Hall–Kier alpha value is -3.81. The zero-order chi connectivity index (χ0) is 26.5. The van der Waals surface area contributed by atoms with Gasteiger partial charge in [0.25, 0.3) is 0 Å². The number of furan rings is 1. The number of hydrogen-bond acceptors (Lipinski definition) is 2. The summed E-state index contributed by atoms with van der Waals surface area (Å²) in [5, 5.41) is 1.98. The van der Waals surface area contributed by atoms with Crippen molar-refractivity contribution in [3.8, 4) is 11.3 Å². The number of alkyl halides is 6. The summed E-state index contributed by atoms with van der Waals surface area (Å²) < 4.78 is 89.4. The molecular weight excluding hydrogens is 492 g/mol. The van der Waals surface area contributed by atoms with Crippen molar-refractivity contribution in [2.24, 2.45) is 0 Å². The Bertz CT molecular complexity index is 1840. The number of hydrogen-bond donors (Lipinski definition) is 0. The molecular formula is C29H19F6NO. The highest BCUT2D eigenvalue weighted by atomic mass is 19.4. The predicted molar refractivity (Wildman–Crippen MR) is 132 cm³/mol. The number of nitrogens with zero attached hydrogens (tertiary/aromatic N) is 1. The molecule has 0 radical (unpaired) electrons. The second-order valence-electron chi connectivity index (χ2n) is 10.3. The molecule has 188 valence electrons. The van der Waals surface area contributed by atoms with Crippen LogP contribution in [0.15, 0.2) is 65.2 Å². The lowest BCUT2D eigenvalue weighted by atomic mass is 9.82. The molecule has 0 fully saturated rings. The first-order valence-electron chi connectivity index (χ1n) is 11.5. The Morgan fingerprint density at radius 2 is 1.35 bits per heavy atom. The van der Waals surface area contributed by atoms with Crippen LogP contribution in [0.1, 0.15) is 37.5 Å². The van der Waals surface area contributed by atoms with E-state index in [1.165, 1.54) is 18.3 Å². The summed E-state index contributed by atoms with van der Waals surface area (Å²) in [6.45, 7) is 6.15.